The number of halogens is 2. The summed E-state index contributed by atoms with van der Waals surface area (Å²) in [7, 11) is 0. The van der Waals surface area contributed by atoms with E-state index in [4.69, 9.17) is 23.2 Å². The predicted molar refractivity (Wildman–Crippen MR) is 73.5 cm³/mol. The molecule has 2 aromatic rings. The summed E-state index contributed by atoms with van der Waals surface area (Å²) in [6.45, 7) is 0. The second-order valence-electron chi connectivity index (χ2n) is 3.37. The van der Waals surface area contributed by atoms with Gasteiger partial charge in [-0.05, 0) is 24.3 Å². The molecule has 0 spiro atoms. The van der Waals surface area contributed by atoms with Crippen molar-refractivity contribution in [1.29, 1.82) is 0 Å². The smallest absolute Gasteiger partial charge is 0.187 e. The summed E-state index contributed by atoms with van der Waals surface area (Å²) in [6.07, 6.45) is 3.27. The first-order chi connectivity index (χ1) is 8.66. The van der Waals surface area contributed by atoms with E-state index < -0.39 is 0 Å². The molecule has 0 bridgehead atoms. The third-order valence-corrected chi connectivity index (χ3v) is 3.53. The van der Waals surface area contributed by atoms with Crippen molar-refractivity contribution in [2.75, 3.05) is 5.75 Å². The third-order valence-electron chi connectivity index (χ3n) is 2.11. The molecule has 0 aliphatic rings. The Bertz CT molecular complexity index is 563. The molecule has 0 unspecified atom stereocenters. The van der Waals surface area contributed by atoms with Crippen molar-refractivity contribution in [3.05, 3.63) is 52.3 Å². The van der Waals surface area contributed by atoms with E-state index in [1.54, 1.807) is 36.7 Å². The fourth-order valence-electron chi connectivity index (χ4n) is 1.28. The Morgan fingerprint density at radius 2 is 1.94 bits per heavy atom. The Labute approximate surface area is 119 Å². The van der Waals surface area contributed by atoms with E-state index in [2.05, 4.69) is 9.97 Å². The van der Waals surface area contributed by atoms with Crippen LogP contribution in [0.5, 0.6) is 0 Å². The molecule has 1 heterocycles. The predicted octanol–water partition coefficient (Wildman–Crippen LogP) is 3.76. The molecule has 2 rings (SSSR count). The second-order valence-corrected chi connectivity index (χ2v) is 5.15. The lowest BCUT2D eigenvalue weighted by Gasteiger charge is -2.03. The van der Waals surface area contributed by atoms with Gasteiger partial charge in [0.25, 0.3) is 0 Å². The van der Waals surface area contributed by atoms with E-state index in [0.717, 1.165) is 0 Å². The standard InChI is InChI=1S/C12H8Cl2N2OS/c13-8-2-3-9(10(14)6-8)11(17)7-18-12-15-4-1-5-16-12/h1-6H,7H2. The van der Waals surface area contributed by atoms with Gasteiger partial charge in [0, 0.05) is 23.0 Å². The van der Waals surface area contributed by atoms with Gasteiger partial charge in [0.2, 0.25) is 0 Å². The van der Waals surface area contributed by atoms with Gasteiger partial charge in [-0.2, -0.15) is 0 Å². The molecule has 0 radical (unpaired) electrons. The van der Waals surface area contributed by atoms with Gasteiger partial charge in [0.05, 0.1) is 10.8 Å². The monoisotopic (exact) mass is 298 g/mol. The minimum atomic E-state index is -0.0749. The Balaban J connectivity index is 2.04. The normalized spacial score (nSPS) is 10.3. The molecule has 0 N–H and O–H groups in total. The topological polar surface area (TPSA) is 42.9 Å². The van der Waals surface area contributed by atoms with Crippen LogP contribution in [0.15, 0.2) is 41.8 Å². The van der Waals surface area contributed by atoms with Crippen LogP contribution < -0.4 is 0 Å². The summed E-state index contributed by atoms with van der Waals surface area (Å²) in [5, 5.41) is 1.44. The number of rotatable bonds is 4. The molecule has 18 heavy (non-hydrogen) atoms. The number of Topliss-reactive ketones (excluding diaryl/α,β-unsaturated/α-hetero) is 1. The highest BCUT2D eigenvalue weighted by atomic mass is 35.5. The quantitative estimate of drug-likeness (QED) is 0.490. The molecule has 1 aromatic heterocycles. The second kappa shape index (κ2) is 6.18. The lowest BCUT2D eigenvalue weighted by Crippen LogP contribution is -2.03. The minimum absolute atomic E-state index is 0.0749. The molecule has 6 heteroatoms. The number of aromatic nitrogens is 2. The summed E-state index contributed by atoms with van der Waals surface area (Å²) >= 11 is 13.0. The number of hydrogen-bond donors (Lipinski definition) is 0. The molecular weight excluding hydrogens is 291 g/mol. The number of nitrogens with zero attached hydrogens (tertiary/aromatic N) is 2. The van der Waals surface area contributed by atoms with E-state index >= 15 is 0 Å². The first-order valence-corrected chi connectivity index (χ1v) is 6.79. The van der Waals surface area contributed by atoms with Gasteiger partial charge in [0.15, 0.2) is 10.9 Å². The minimum Gasteiger partial charge on any atom is -0.293 e. The first kappa shape index (κ1) is 13.3. The summed E-state index contributed by atoms with van der Waals surface area (Å²) in [6, 6.07) is 6.55. The number of carbonyl (C=O) groups is 1. The zero-order chi connectivity index (χ0) is 13.0. The maximum absolute atomic E-state index is 11.9. The highest BCUT2D eigenvalue weighted by Crippen LogP contribution is 2.23. The van der Waals surface area contributed by atoms with E-state index in [1.165, 1.54) is 11.8 Å². The summed E-state index contributed by atoms with van der Waals surface area (Å²) in [5.74, 6) is 0.167. The Kier molecular flexibility index (Phi) is 4.58. The fourth-order valence-corrected chi connectivity index (χ4v) is 2.48. The van der Waals surface area contributed by atoms with Crippen molar-refractivity contribution in [3.63, 3.8) is 0 Å². The molecule has 0 fully saturated rings. The molecular formula is C12H8Cl2N2OS. The van der Waals surface area contributed by atoms with Crippen LogP contribution >= 0.6 is 35.0 Å². The van der Waals surface area contributed by atoms with Gasteiger partial charge in [-0.3, -0.25) is 4.79 Å². The first-order valence-electron chi connectivity index (χ1n) is 5.05. The molecule has 0 saturated carbocycles. The molecule has 0 amide bonds. The molecule has 0 saturated heterocycles. The van der Waals surface area contributed by atoms with E-state index in [0.29, 0.717) is 20.8 Å². The van der Waals surface area contributed by atoms with Crippen molar-refractivity contribution in [3.8, 4) is 0 Å². The SMILES string of the molecule is O=C(CSc1ncccn1)c1ccc(Cl)cc1Cl. The summed E-state index contributed by atoms with van der Waals surface area (Å²) in [5.41, 5.74) is 0.462. The van der Waals surface area contributed by atoms with Crippen molar-refractivity contribution < 1.29 is 4.79 Å². The van der Waals surface area contributed by atoms with Gasteiger partial charge < -0.3 is 0 Å². The summed E-state index contributed by atoms with van der Waals surface area (Å²) < 4.78 is 0. The van der Waals surface area contributed by atoms with Gasteiger partial charge >= 0.3 is 0 Å². The van der Waals surface area contributed by atoms with Crippen molar-refractivity contribution in [2.24, 2.45) is 0 Å². The Hall–Kier alpha value is -1.10. The average molecular weight is 299 g/mol. The van der Waals surface area contributed by atoms with Crippen LogP contribution in [-0.4, -0.2) is 21.5 Å². The highest BCUT2D eigenvalue weighted by molar-refractivity contribution is 7.99. The van der Waals surface area contributed by atoms with Gasteiger partial charge in [-0.1, -0.05) is 35.0 Å². The Morgan fingerprint density at radius 3 is 2.61 bits per heavy atom. The molecule has 0 atom stereocenters. The maximum atomic E-state index is 11.9. The molecule has 92 valence electrons. The van der Waals surface area contributed by atoms with Crippen molar-refractivity contribution in [1.82, 2.24) is 9.97 Å². The number of thioether (sulfide) groups is 1. The number of benzene rings is 1. The lowest BCUT2D eigenvalue weighted by atomic mass is 10.1. The van der Waals surface area contributed by atoms with Gasteiger partial charge in [0.1, 0.15) is 0 Å². The Morgan fingerprint density at radius 1 is 1.22 bits per heavy atom. The molecule has 3 nitrogen and oxygen atoms in total. The van der Waals surface area contributed by atoms with Gasteiger partial charge in [-0.15, -0.1) is 0 Å². The molecule has 0 aliphatic heterocycles. The molecule has 0 aliphatic carbocycles. The van der Waals surface area contributed by atoms with Crippen LogP contribution in [0.4, 0.5) is 0 Å². The maximum Gasteiger partial charge on any atom is 0.187 e. The van der Waals surface area contributed by atoms with Crippen LogP contribution in [0.25, 0.3) is 0 Å². The van der Waals surface area contributed by atoms with Crippen molar-refractivity contribution >= 4 is 40.7 Å². The van der Waals surface area contributed by atoms with E-state index in [-0.39, 0.29) is 11.5 Å². The van der Waals surface area contributed by atoms with E-state index in [1.807, 2.05) is 0 Å². The van der Waals surface area contributed by atoms with E-state index in [9.17, 15) is 4.79 Å². The largest absolute Gasteiger partial charge is 0.293 e. The van der Waals surface area contributed by atoms with Crippen LogP contribution in [0, 0.1) is 0 Å². The van der Waals surface area contributed by atoms with Crippen LogP contribution in [0.3, 0.4) is 0 Å². The fraction of sp³-hybridized carbons (Fsp3) is 0.0833. The number of carbonyl (C=O) groups excluding carboxylic acids is 1. The third kappa shape index (κ3) is 3.45. The zero-order valence-corrected chi connectivity index (χ0v) is 11.5. The van der Waals surface area contributed by atoms with Crippen molar-refractivity contribution in [2.45, 2.75) is 5.16 Å². The van der Waals surface area contributed by atoms with Crippen LogP contribution in [-0.2, 0) is 0 Å². The number of ketones is 1. The molecule has 1 aromatic carbocycles. The number of hydrogen-bond acceptors (Lipinski definition) is 4. The average Bonchev–Trinajstić information content (AvgIpc) is 2.37. The zero-order valence-electron chi connectivity index (χ0n) is 9.14. The van der Waals surface area contributed by atoms with Gasteiger partial charge in [-0.25, -0.2) is 9.97 Å². The van der Waals surface area contributed by atoms with Crippen LogP contribution in [0.2, 0.25) is 10.0 Å². The van der Waals surface area contributed by atoms with Crippen LogP contribution in [0.1, 0.15) is 10.4 Å². The summed E-state index contributed by atoms with van der Waals surface area (Å²) in [4.78, 5) is 20.0. The lowest BCUT2D eigenvalue weighted by molar-refractivity contribution is 0.102. The highest BCUT2D eigenvalue weighted by Gasteiger charge is 2.11.